The van der Waals surface area contributed by atoms with E-state index in [9.17, 15) is 171 Å². The number of nitrogens with zero attached hydrogens (tertiary/aromatic N) is 1. The second-order valence-electron chi connectivity index (χ2n) is 20.8. The zero-order chi connectivity index (χ0) is 74.4. The van der Waals surface area contributed by atoms with Crippen LogP contribution in [0.25, 0.3) is 0 Å². The predicted molar refractivity (Wildman–Crippen MR) is 272 cm³/mol. The molecule has 0 aromatic heterocycles. The van der Waals surface area contributed by atoms with Crippen molar-refractivity contribution in [2.45, 2.75) is 121 Å². The van der Waals surface area contributed by atoms with E-state index in [0.717, 1.165) is 13.3 Å². The Hall–Kier alpha value is -5.17. The van der Waals surface area contributed by atoms with E-state index in [1.54, 1.807) is 0 Å². The van der Waals surface area contributed by atoms with Crippen LogP contribution in [0.15, 0.2) is 48.3 Å². The Morgan fingerprint density at radius 1 is 0.574 bits per heavy atom. The number of alkyl halides is 19. The third kappa shape index (κ3) is 17.9. The highest BCUT2D eigenvalue weighted by atomic mass is 32.3. The first-order chi connectivity index (χ1) is 41.4. The molecule has 1 heterocycles. The van der Waals surface area contributed by atoms with E-state index >= 15 is 0 Å². The molecule has 5 rings (SSSR count). The molecule has 0 spiro atoms. The number of sulfonamides is 7. The van der Waals surface area contributed by atoms with Gasteiger partial charge in [-0.25, -0.2) is 68.5 Å². The zero-order valence-corrected chi connectivity index (χ0v) is 52.3. The smallest absolute Gasteiger partial charge is 0.507 e. The Kier molecular flexibility index (Phi) is 25.0. The fraction of sp³-hybridized carbons (Fsp3) is 0.683. The van der Waals surface area contributed by atoms with Gasteiger partial charge in [0.15, 0.2) is 11.6 Å². The number of nitrogens with one attached hydrogen (secondary N) is 3. The van der Waals surface area contributed by atoms with Crippen molar-refractivity contribution < 1.29 is 186 Å². The second-order valence-corrected chi connectivity index (χ2v) is 33.8. The molecular weight excluding hydrogens is 1500 g/mol. The Morgan fingerprint density at radius 3 is 1.34 bits per heavy atom. The lowest BCUT2D eigenvalue weighted by Gasteiger charge is -2.60. The van der Waals surface area contributed by atoms with Crippen molar-refractivity contribution in [3.63, 3.8) is 0 Å². The van der Waals surface area contributed by atoms with Gasteiger partial charge in [-0.05, 0) is 82.6 Å². The Bertz CT molecular complexity index is 3890. The lowest BCUT2D eigenvalue weighted by atomic mass is 9.48. The van der Waals surface area contributed by atoms with E-state index in [1.807, 2.05) is 0 Å². The standard InChI is InChI=1S/C18H22F5NO8S2.C15H17F9N2O9S3.C8H8F5NO6S2/c1-10(2)13(25)32-16-6-11-3-12(7-16)5-15(4-11,8-16)9-31-14(26)17(19,20)33(27,28)24-34(29,30)18(21,22)23;1-8(7-27)10(28)6-11(29)9-2-4-26(5-3-9)38(34,35)14(20,21)12(16,17)13(18,19)36(30,31)25-37(32,33)15(22,23)24;1-4(2)5(15)3-6(16)7(9,10)21(17,18)14-22(19,20)8(11,12)13/h11-12,24H,1,3-9H2,2H3;6,9,25,27-28H,1-5,7H2;14H,1,3H2,2H3. The first-order valence-electron chi connectivity index (χ1n) is 24.3. The van der Waals surface area contributed by atoms with Crippen molar-refractivity contribution in [3.05, 3.63) is 48.3 Å². The van der Waals surface area contributed by atoms with E-state index in [-0.39, 0.29) is 37.7 Å². The first kappa shape index (κ1) is 84.9. The summed E-state index contributed by atoms with van der Waals surface area (Å²) in [6, 6.07) is 0. The molecule has 0 amide bonds. The summed E-state index contributed by atoms with van der Waals surface area (Å²) < 4.78 is 415. The van der Waals surface area contributed by atoms with Gasteiger partial charge >= 0.3 is 95.5 Å². The average Bonchev–Trinajstić information content (AvgIpc) is 0.719. The molecule has 5 fully saturated rings. The van der Waals surface area contributed by atoms with Crippen LogP contribution in [0.4, 0.5) is 83.4 Å². The van der Waals surface area contributed by atoms with Crippen molar-refractivity contribution in [1.29, 1.82) is 0 Å². The van der Waals surface area contributed by atoms with Crippen LogP contribution in [-0.4, -0.2) is 178 Å². The first-order valence-corrected chi connectivity index (χ1v) is 34.7. The van der Waals surface area contributed by atoms with Gasteiger partial charge in [0.2, 0.25) is 5.78 Å². The second kappa shape index (κ2) is 27.6. The van der Waals surface area contributed by atoms with Gasteiger partial charge in [0, 0.05) is 41.6 Å². The maximum atomic E-state index is 14.3. The van der Waals surface area contributed by atoms with Crippen LogP contribution in [0.5, 0.6) is 0 Å². The number of aliphatic hydroxyl groups is 2. The van der Waals surface area contributed by atoms with Gasteiger partial charge in [0.05, 0.1) is 19.6 Å². The fourth-order valence-electron chi connectivity index (χ4n) is 9.11. The van der Waals surface area contributed by atoms with Gasteiger partial charge in [-0.3, -0.25) is 14.4 Å². The Labute approximate surface area is 518 Å². The number of Topliss-reactive ketones (excluding diaryl/α,β-unsaturated/α-hetero) is 2. The van der Waals surface area contributed by atoms with Gasteiger partial charge in [0.1, 0.15) is 11.4 Å². The largest absolute Gasteiger partial charge is 0.512 e. The summed E-state index contributed by atoms with van der Waals surface area (Å²) in [5.74, 6) is -17.7. The number of allylic oxidation sites excluding steroid dienone is 2. The van der Waals surface area contributed by atoms with Crippen LogP contribution in [0.1, 0.15) is 71.6 Å². The number of carbonyl (C=O) groups is 5. The molecule has 53 heteroatoms. The van der Waals surface area contributed by atoms with Crippen LogP contribution >= 0.6 is 0 Å². The molecule has 0 radical (unpaired) electrons. The topological polar surface area (TPSA) is 423 Å². The van der Waals surface area contributed by atoms with Gasteiger partial charge in [-0.1, -0.05) is 32.1 Å². The van der Waals surface area contributed by atoms with Crippen molar-refractivity contribution in [2.75, 3.05) is 26.3 Å². The molecule has 5 aliphatic rings. The summed E-state index contributed by atoms with van der Waals surface area (Å²) in [5.41, 5.74) is -21.5. The minimum atomic E-state index is -7.88. The number of aliphatic hydroxyl groups excluding tert-OH is 2. The van der Waals surface area contributed by atoms with Crippen LogP contribution < -0.4 is 12.4 Å². The monoisotopic (exact) mass is 1550 g/mol. The molecule has 94 heavy (non-hydrogen) atoms. The molecular formula is C41H47F19N4O23S7. The van der Waals surface area contributed by atoms with Crippen molar-refractivity contribution in [1.82, 2.24) is 16.7 Å². The summed E-state index contributed by atoms with van der Waals surface area (Å²) in [6.07, 6.45) is 0.224. The number of hydrogen-bond donors (Lipinski definition) is 5. The SMILES string of the molecule is C=C(C)C(=O)CC(=O)C(F)(F)S(=O)(=O)NS(=O)(=O)C(F)(F)F.C=C(C)C(=O)OC12CC3CC(CC(COC(=O)C(F)(F)S(=O)(=O)NS(=O)(=O)C(F)(F)F)(C3)C1)C2.C=C(CO)C(O)=CC(=O)C1CCN(S(=O)(=O)C(F)(F)C(F)(F)C(F)(F)S(=O)(=O)NS(=O)(=O)C(F)(F)F)CC1. The van der Waals surface area contributed by atoms with Gasteiger partial charge in [-0.15, -0.1) is 0 Å². The highest BCUT2D eigenvalue weighted by Crippen LogP contribution is 2.63. The molecule has 27 nitrogen and oxygen atoms in total. The number of ketones is 3. The van der Waals surface area contributed by atoms with Crippen molar-refractivity contribution in [2.24, 2.45) is 23.2 Å². The number of halogens is 19. The minimum Gasteiger partial charge on any atom is -0.507 e. The lowest BCUT2D eigenvalue weighted by molar-refractivity contribution is -0.245. The van der Waals surface area contributed by atoms with E-state index in [0.29, 0.717) is 31.8 Å². The lowest BCUT2D eigenvalue weighted by Crippen LogP contribution is -2.65. The van der Waals surface area contributed by atoms with Crippen LogP contribution in [0.2, 0.25) is 0 Å². The van der Waals surface area contributed by atoms with Crippen molar-refractivity contribution in [3.8, 4) is 0 Å². The predicted octanol–water partition coefficient (Wildman–Crippen LogP) is 3.98. The summed E-state index contributed by atoms with van der Waals surface area (Å²) >= 11 is 0. The van der Waals surface area contributed by atoms with Gasteiger partial charge in [0.25, 0.3) is 30.1 Å². The highest BCUT2D eigenvalue weighted by molar-refractivity contribution is 8.06. The van der Waals surface area contributed by atoms with E-state index < -0.39 is 225 Å². The van der Waals surface area contributed by atoms with Crippen molar-refractivity contribution >= 4 is 99.5 Å². The Morgan fingerprint density at radius 2 is 0.968 bits per heavy atom. The number of piperidine rings is 1. The van der Waals surface area contributed by atoms with E-state index in [4.69, 9.17) is 9.84 Å². The number of rotatable bonds is 26. The van der Waals surface area contributed by atoms with Crippen LogP contribution in [0, 0.1) is 23.2 Å². The molecule has 544 valence electrons. The van der Waals surface area contributed by atoms with Crippen LogP contribution in [-0.2, 0) is 104 Å². The average molecular weight is 1550 g/mol. The number of carbonyl (C=O) groups excluding carboxylic acids is 5. The number of ether oxygens (including phenoxy) is 2. The zero-order valence-electron chi connectivity index (χ0n) is 46.6. The summed E-state index contributed by atoms with van der Waals surface area (Å²) in [7, 11) is -48.9. The molecule has 2 unspecified atom stereocenters. The fourth-order valence-corrected chi connectivity index (χ4v) is 17.6. The molecule has 1 aliphatic heterocycles. The van der Waals surface area contributed by atoms with E-state index in [2.05, 4.69) is 24.5 Å². The molecule has 2 atom stereocenters. The summed E-state index contributed by atoms with van der Waals surface area (Å²) in [4.78, 5) is 58.2. The quantitative estimate of drug-likeness (QED) is 0.0204. The van der Waals surface area contributed by atoms with Gasteiger partial charge < -0.3 is 19.7 Å². The normalized spacial score (nSPS) is 22.0. The molecule has 4 aliphatic carbocycles. The van der Waals surface area contributed by atoms with Gasteiger partial charge in [-0.2, -0.15) is 87.7 Å². The van der Waals surface area contributed by atoms with Crippen LogP contribution in [0.3, 0.4) is 0 Å². The minimum absolute atomic E-state index is 0.0284. The summed E-state index contributed by atoms with van der Waals surface area (Å²) in [6.45, 7) is 8.23. The molecule has 4 saturated carbocycles. The number of hydrogen-bond acceptors (Lipinski definition) is 23. The maximum Gasteiger partial charge on any atom is 0.512 e. The molecule has 4 bridgehead atoms. The third-order valence-corrected chi connectivity index (χ3v) is 25.0. The Balaban J connectivity index is 0.000000497. The number of esters is 2. The van der Waals surface area contributed by atoms with E-state index in [1.165, 1.54) is 6.92 Å². The maximum absolute atomic E-state index is 14.3. The highest BCUT2D eigenvalue weighted by Gasteiger charge is 2.83. The third-order valence-electron chi connectivity index (χ3n) is 13.3. The molecule has 0 aromatic rings. The summed E-state index contributed by atoms with van der Waals surface area (Å²) in [5, 5.41) is -7.37. The molecule has 1 saturated heterocycles. The molecule has 0 aromatic carbocycles. The molecule has 5 N–H and O–H groups in total.